The van der Waals surface area contributed by atoms with Crippen molar-refractivity contribution in [1.29, 1.82) is 0 Å². The molecule has 0 bridgehead atoms. The van der Waals surface area contributed by atoms with Gasteiger partial charge in [0.1, 0.15) is 0 Å². The standard InChI is InChI=1S/C13H12O2S2/c1-11-7-5-6-10-13(11)17(14,15)16-12-8-3-2-4-9-12/h2-10H,1H3. The molecule has 0 aliphatic heterocycles. The summed E-state index contributed by atoms with van der Waals surface area (Å²) >= 11 is 0. The average molecular weight is 264 g/mol. The van der Waals surface area contributed by atoms with Gasteiger partial charge in [0, 0.05) is 15.7 Å². The van der Waals surface area contributed by atoms with Crippen LogP contribution < -0.4 is 0 Å². The number of rotatable bonds is 3. The van der Waals surface area contributed by atoms with Crippen LogP contribution in [0.15, 0.2) is 64.4 Å². The fourth-order valence-corrected chi connectivity index (χ4v) is 4.73. The molecule has 2 nitrogen and oxygen atoms in total. The van der Waals surface area contributed by atoms with Gasteiger partial charge in [0.25, 0.3) is 0 Å². The Kier molecular flexibility index (Phi) is 3.54. The molecule has 0 aliphatic rings. The van der Waals surface area contributed by atoms with Gasteiger partial charge >= 0.3 is 0 Å². The molecule has 0 unspecified atom stereocenters. The topological polar surface area (TPSA) is 34.1 Å². The van der Waals surface area contributed by atoms with Crippen LogP contribution in [0.5, 0.6) is 0 Å². The van der Waals surface area contributed by atoms with Gasteiger partial charge in [-0.2, -0.15) is 0 Å². The largest absolute Gasteiger partial charge is 0.234 e. The normalized spacial score (nSPS) is 11.4. The summed E-state index contributed by atoms with van der Waals surface area (Å²) in [4.78, 5) is 1.12. The summed E-state index contributed by atoms with van der Waals surface area (Å²) < 4.78 is 24.4. The second-order valence-corrected chi connectivity index (χ2v) is 7.42. The maximum atomic E-state index is 12.2. The summed E-state index contributed by atoms with van der Waals surface area (Å²) in [5.41, 5.74) is 0.774. The lowest BCUT2D eigenvalue weighted by Crippen LogP contribution is -1.97. The van der Waals surface area contributed by atoms with E-state index in [0.717, 1.165) is 21.3 Å². The minimum atomic E-state index is -3.33. The molecule has 0 N–H and O–H groups in total. The lowest BCUT2D eigenvalue weighted by Gasteiger charge is -2.06. The predicted molar refractivity (Wildman–Crippen MR) is 70.7 cm³/mol. The number of aryl methyl sites for hydroxylation is 1. The molecular formula is C13H12O2S2. The first-order chi connectivity index (χ1) is 8.09. The van der Waals surface area contributed by atoms with E-state index in [9.17, 15) is 8.42 Å². The zero-order valence-corrected chi connectivity index (χ0v) is 11.0. The van der Waals surface area contributed by atoms with Gasteiger partial charge in [0.05, 0.1) is 4.90 Å². The highest BCUT2D eigenvalue weighted by Crippen LogP contribution is 2.31. The van der Waals surface area contributed by atoms with Crippen molar-refractivity contribution in [3.05, 3.63) is 60.2 Å². The van der Waals surface area contributed by atoms with Gasteiger partial charge in [0.2, 0.25) is 8.87 Å². The van der Waals surface area contributed by atoms with E-state index in [2.05, 4.69) is 0 Å². The van der Waals surface area contributed by atoms with Crippen LogP contribution in [0.25, 0.3) is 0 Å². The Balaban J connectivity index is 2.36. The van der Waals surface area contributed by atoms with Crippen molar-refractivity contribution in [2.24, 2.45) is 0 Å². The molecule has 88 valence electrons. The molecule has 0 saturated heterocycles. The molecule has 0 aromatic heterocycles. The lowest BCUT2D eigenvalue weighted by molar-refractivity contribution is 0.610. The smallest absolute Gasteiger partial charge is 0.212 e. The van der Waals surface area contributed by atoms with Crippen LogP contribution in [-0.4, -0.2) is 8.42 Å². The van der Waals surface area contributed by atoms with Gasteiger partial charge < -0.3 is 0 Å². The van der Waals surface area contributed by atoms with Crippen molar-refractivity contribution in [2.45, 2.75) is 16.7 Å². The van der Waals surface area contributed by atoms with Gasteiger partial charge in [0.15, 0.2) is 0 Å². The Morgan fingerprint density at radius 3 is 2.12 bits per heavy atom. The minimum absolute atomic E-state index is 0.383. The molecule has 2 aromatic rings. The van der Waals surface area contributed by atoms with Crippen LogP contribution in [0.2, 0.25) is 0 Å². The first kappa shape index (κ1) is 12.2. The van der Waals surface area contributed by atoms with Crippen molar-refractivity contribution in [3.8, 4) is 0 Å². The summed E-state index contributed by atoms with van der Waals surface area (Å²) in [5, 5.41) is 0. The summed E-state index contributed by atoms with van der Waals surface area (Å²) in [6.07, 6.45) is 0. The minimum Gasteiger partial charge on any atom is -0.212 e. The summed E-state index contributed by atoms with van der Waals surface area (Å²) in [6.45, 7) is 1.80. The predicted octanol–water partition coefficient (Wildman–Crippen LogP) is 3.48. The third-order valence-electron chi connectivity index (χ3n) is 2.31. The van der Waals surface area contributed by atoms with E-state index in [-0.39, 0.29) is 0 Å². The van der Waals surface area contributed by atoms with Crippen LogP contribution in [0.4, 0.5) is 0 Å². The van der Waals surface area contributed by atoms with Crippen molar-refractivity contribution in [3.63, 3.8) is 0 Å². The van der Waals surface area contributed by atoms with Gasteiger partial charge in [-0.05, 0) is 30.7 Å². The van der Waals surface area contributed by atoms with Gasteiger partial charge in [-0.3, -0.25) is 0 Å². The van der Waals surface area contributed by atoms with E-state index >= 15 is 0 Å². The first-order valence-corrected chi connectivity index (χ1v) is 7.96. The van der Waals surface area contributed by atoms with E-state index in [1.807, 2.05) is 24.3 Å². The molecule has 2 rings (SSSR count). The number of hydrogen-bond donors (Lipinski definition) is 0. The van der Waals surface area contributed by atoms with Crippen molar-refractivity contribution < 1.29 is 8.42 Å². The monoisotopic (exact) mass is 264 g/mol. The lowest BCUT2D eigenvalue weighted by atomic mass is 10.2. The molecule has 0 amide bonds. The highest BCUT2D eigenvalue weighted by molar-refractivity contribution is 8.72. The fourth-order valence-electron chi connectivity index (χ4n) is 1.48. The Bertz CT molecular complexity index is 604. The van der Waals surface area contributed by atoms with Gasteiger partial charge in [-0.25, -0.2) is 8.42 Å². The first-order valence-electron chi connectivity index (χ1n) is 5.15. The quantitative estimate of drug-likeness (QED) is 0.796. The maximum absolute atomic E-state index is 12.2. The van der Waals surface area contributed by atoms with Crippen molar-refractivity contribution >= 4 is 19.7 Å². The van der Waals surface area contributed by atoms with Gasteiger partial charge in [-0.15, -0.1) is 0 Å². The fraction of sp³-hybridized carbons (Fsp3) is 0.0769. The van der Waals surface area contributed by atoms with Crippen molar-refractivity contribution in [1.82, 2.24) is 0 Å². The second-order valence-electron chi connectivity index (χ2n) is 3.62. The van der Waals surface area contributed by atoms with Gasteiger partial charge in [-0.1, -0.05) is 36.4 Å². The van der Waals surface area contributed by atoms with Crippen LogP contribution in [0.1, 0.15) is 5.56 Å². The van der Waals surface area contributed by atoms with Crippen LogP contribution in [0, 0.1) is 6.92 Å². The van der Waals surface area contributed by atoms with E-state index in [1.54, 1.807) is 37.3 Å². The molecule has 0 radical (unpaired) electrons. The molecule has 2 aromatic carbocycles. The molecule has 17 heavy (non-hydrogen) atoms. The summed E-state index contributed by atoms with van der Waals surface area (Å²) in [7, 11) is -2.44. The van der Waals surface area contributed by atoms with Crippen LogP contribution in [0.3, 0.4) is 0 Å². The third kappa shape index (κ3) is 2.90. The SMILES string of the molecule is Cc1ccccc1S(=O)(=O)Sc1ccccc1. The van der Waals surface area contributed by atoms with Crippen molar-refractivity contribution in [2.75, 3.05) is 0 Å². The van der Waals surface area contributed by atoms with E-state index in [0.29, 0.717) is 4.90 Å². The number of benzene rings is 2. The Hall–Kier alpha value is -1.26. The molecule has 0 fully saturated rings. The Labute approximate surface area is 105 Å². The van der Waals surface area contributed by atoms with E-state index in [1.165, 1.54) is 0 Å². The average Bonchev–Trinajstić information content (AvgIpc) is 2.30. The summed E-state index contributed by atoms with van der Waals surface area (Å²) in [5.74, 6) is 0. The van der Waals surface area contributed by atoms with Crippen LogP contribution >= 0.6 is 10.8 Å². The van der Waals surface area contributed by atoms with E-state index < -0.39 is 8.87 Å². The maximum Gasteiger partial charge on any atom is 0.234 e. The molecule has 0 spiro atoms. The Morgan fingerprint density at radius 1 is 0.882 bits per heavy atom. The zero-order valence-electron chi connectivity index (χ0n) is 9.33. The molecule has 4 heteroatoms. The van der Waals surface area contributed by atoms with Crippen LogP contribution in [-0.2, 0) is 8.87 Å². The molecule has 0 atom stereocenters. The van der Waals surface area contributed by atoms with E-state index in [4.69, 9.17) is 0 Å². The zero-order chi connectivity index (χ0) is 12.3. The molecular weight excluding hydrogens is 252 g/mol. The molecule has 0 saturated carbocycles. The highest BCUT2D eigenvalue weighted by Gasteiger charge is 2.17. The highest BCUT2D eigenvalue weighted by atomic mass is 33.1. The number of hydrogen-bond acceptors (Lipinski definition) is 3. The Morgan fingerprint density at radius 2 is 1.47 bits per heavy atom. The molecule has 0 aliphatic carbocycles. The molecule has 0 heterocycles. The second kappa shape index (κ2) is 4.94. The summed E-state index contributed by atoms with van der Waals surface area (Å²) in [6, 6.07) is 16.1. The third-order valence-corrected chi connectivity index (χ3v) is 5.77.